The Morgan fingerprint density at radius 1 is 1.24 bits per heavy atom. The molecule has 0 spiro atoms. The molecule has 0 aliphatic rings. The van der Waals surface area contributed by atoms with Crippen molar-refractivity contribution in [2.75, 3.05) is 13.7 Å². The van der Waals surface area contributed by atoms with Gasteiger partial charge in [-0.1, -0.05) is 12.1 Å². The second kappa shape index (κ2) is 7.30. The summed E-state index contributed by atoms with van der Waals surface area (Å²) in [4.78, 5) is 0. The fraction of sp³-hybridized carbons (Fsp3) is 0.571. The average molecular weight is 237 g/mol. The van der Waals surface area contributed by atoms with Gasteiger partial charge in [0.25, 0.3) is 0 Å². The van der Waals surface area contributed by atoms with Gasteiger partial charge in [-0.2, -0.15) is 0 Å². The van der Waals surface area contributed by atoms with E-state index in [0.29, 0.717) is 0 Å². The SMILES string of the molecule is CCOC(C)C(N)CCc1ccc(OC)cc1. The molecule has 0 bridgehead atoms. The van der Waals surface area contributed by atoms with Crippen molar-refractivity contribution in [3.05, 3.63) is 29.8 Å². The van der Waals surface area contributed by atoms with E-state index < -0.39 is 0 Å². The summed E-state index contributed by atoms with van der Waals surface area (Å²) < 4.78 is 10.6. The van der Waals surface area contributed by atoms with E-state index >= 15 is 0 Å². The summed E-state index contributed by atoms with van der Waals surface area (Å²) in [5.74, 6) is 0.890. The van der Waals surface area contributed by atoms with Crippen LogP contribution in [0.5, 0.6) is 5.75 Å². The smallest absolute Gasteiger partial charge is 0.118 e. The van der Waals surface area contributed by atoms with E-state index in [1.165, 1.54) is 5.56 Å². The van der Waals surface area contributed by atoms with Gasteiger partial charge in [-0.15, -0.1) is 0 Å². The molecule has 17 heavy (non-hydrogen) atoms. The molecule has 0 amide bonds. The molecule has 0 heterocycles. The Hall–Kier alpha value is -1.06. The molecule has 0 saturated carbocycles. The van der Waals surface area contributed by atoms with Crippen LogP contribution in [0.3, 0.4) is 0 Å². The van der Waals surface area contributed by atoms with Gasteiger partial charge < -0.3 is 15.2 Å². The lowest BCUT2D eigenvalue weighted by Gasteiger charge is -2.19. The summed E-state index contributed by atoms with van der Waals surface area (Å²) in [7, 11) is 1.68. The number of benzene rings is 1. The molecule has 0 radical (unpaired) electrons. The Bertz CT molecular complexity index is 311. The van der Waals surface area contributed by atoms with Crippen LogP contribution < -0.4 is 10.5 Å². The fourth-order valence-electron chi connectivity index (χ4n) is 1.75. The molecular formula is C14H23NO2. The molecular weight excluding hydrogens is 214 g/mol. The second-order valence-corrected chi connectivity index (χ2v) is 4.21. The average Bonchev–Trinajstić information content (AvgIpc) is 2.36. The molecule has 0 aliphatic heterocycles. The first kappa shape index (κ1) is 14.0. The highest BCUT2D eigenvalue weighted by molar-refractivity contribution is 5.27. The minimum absolute atomic E-state index is 0.0945. The first-order valence-electron chi connectivity index (χ1n) is 6.17. The van der Waals surface area contributed by atoms with Crippen LogP contribution in [0.25, 0.3) is 0 Å². The topological polar surface area (TPSA) is 44.5 Å². The normalized spacial score (nSPS) is 14.4. The van der Waals surface area contributed by atoms with E-state index in [0.717, 1.165) is 25.2 Å². The van der Waals surface area contributed by atoms with Crippen molar-refractivity contribution in [3.63, 3.8) is 0 Å². The molecule has 1 aromatic rings. The standard InChI is InChI=1S/C14H23NO2/c1-4-17-11(2)14(15)10-7-12-5-8-13(16-3)9-6-12/h5-6,8-9,11,14H,4,7,10,15H2,1-3H3. The van der Waals surface area contributed by atoms with Crippen LogP contribution in [-0.4, -0.2) is 25.9 Å². The molecule has 2 atom stereocenters. The largest absolute Gasteiger partial charge is 0.497 e. The number of aryl methyl sites for hydroxylation is 1. The Morgan fingerprint density at radius 2 is 1.88 bits per heavy atom. The molecule has 0 fully saturated rings. The van der Waals surface area contributed by atoms with Crippen molar-refractivity contribution in [2.24, 2.45) is 5.73 Å². The van der Waals surface area contributed by atoms with E-state index in [9.17, 15) is 0 Å². The fourth-order valence-corrected chi connectivity index (χ4v) is 1.75. The summed E-state index contributed by atoms with van der Waals surface area (Å²) in [5, 5.41) is 0. The van der Waals surface area contributed by atoms with Crippen molar-refractivity contribution in [1.82, 2.24) is 0 Å². The molecule has 1 aromatic carbocycles. The number of ether oxygens (including phenoxy) is 2. The third-order valence-corrected chi connectivity index (χ3v) is 2.96. The maximum atomic E-state index is 6.06. The van der Waals surface area contributed by atoms with E-state index in [-0.39, 0.29) is 12.1 Å². The zero-order valence-electron chi connectivity index (χ0n) is 11.0. The first-order chi connectivity index (χ1) is 8.17. The third-order valence-electron chi connectivity index (χ3n) is 2.96. The Labute approximate surface area is 104 Å². The summed E-state index contributed by atoms with van der Waals surface area (Å²) in [6.45, 7) is 4.74. The van der Waals surface area contributed by atoms with E-state index in [1.807, 2.05) is 26.0 Å². The highest BCUT2D eigenvalue weighted by Gasteiger charge is 2.12. The Kier molecular flexibility index (Phi) is 6.01. The van der Waals surface area contributed by atoms with Crippen LogP contribution in [0.1, 0.15) is 25.8 Å². The van der Waals surface area contributed by atoms with Gasteiger partial charge >= 0.3 is 0 Å². The van der Waals surface area contributed by atoms with Gasteiger partial charge in [-0.05, 0) is 44.4 Å². The lowest BCUT2D eigenvalue weighted by molar-refractivity contribution is 0.0557. The minimum Gasteiger partial charge on any atom is -0.497 e. The number of rotatable bonds is 7. The lowest BCUT2D eigenvalue weighted by Crippen LogP contribution is -2.35. The van der Waals surface area contributed by atoms with Gasteiger partial charge in [0.1, 0.15) is 5.75 Å². The van der Waals surface area contributed by atoms with Crippen LogP contribution in [0.15, 0.2) is 24.3 Å². The van der Waals surface area contributed by atoms with Gasteiger partial charge in [-0.3, -0.25) is 0 Å². The van der Waals surface area contributed by atoms with E-state index in [1.54, 1.807) is 7.11 Å². The summed E-state index contributed by atoms with van der Waals surface area (Å²) in [5.41, 5.74) is 7.34. The van der Waals surface area contributed by atoms with Crippen LogP contribution in [0, 0.1) is 0 Å². The van der Waals surface area contributed by atoms with Crippen LogP contribution in [-0.2, 0) is 11.2 Å². The number of hydrogen-bond acceptors (Lipinski definition) is 3. The molecule has 0 aromatic heterocycles. The lowest BCUT2D eigenvalue weighted by atomic mass is 10.0. The molecule has 0 saturated heterocycles. The van der Waals surface area contributed by atoms with Crippen LogP contribution >= 0.6 is 0 Å². The molecule has 2 N–H and O–H groups in total. The molecule has 1 rings (SSSR count). The van der Waals surface area contributed by atoms with Gasteiger partial charge in [-0.25, -0.2) is 0 Å². The summed E-state index contributed by atoms with van der Waals surface area (Å²) >= 11 is 0. The van der Waals surface area contributed by atoms with Crippen molar-refractivity contribution in [2.45, 2.75) is 38.8 Å². The van der Waals surface area contributed by atoms with E-state index in [2.05, 4.69) is 12.1 Å². The predicted molar refractivity (Wildman–Crippen MR) is 70.4 cm³/mol. The van der Waals surface area contributed by atoms with Gasteiger partial charge in [0, 0.05) is 12.6 Å². The van der Waals surface area contributed by atoms with Crippen LogP contribution in [0.4, 0.5) is 0 Å². The van der Waals surface area contributed by atoms with Gasteiger partial charge in [0.15, 0.2) is 0 Å². The molecule has 2 unspecified atom stereocenters. The quantitative estimate of drug-likeness (QED) is 0.792. The third kappa shape index (κ3) is 4.75. The first-order valence-corrected chi connectivity index (χ1v) is 6.17. The number of nitrogens with two attached hydrogens (primary N) is 1. The van der Waals surface area contributed by atoms with Crippen molar-refractivity contribution >= 4 is 0 Å². The van der Waals surface area contributed by atoms with Gasteiger partial charge in [0.2, 0.25) is 0 Å². The molecule has 96 valence electrons. The van der Waals surface area contributed by atoms with Crippen molar-refractivity contribution < 1.29 is 9.47 Å². The Morgan fingerprint density at radius 3 is 2.41 bits per heavy atom. The van der Waals surface area contributed by atoms with E-state index in [4.69, 9.17) is 15.2 Å². The molecule has 3 heteroatoms. The highest BCUT2D eigenvalue weighted by Crippen LogP contribution is 2.13. The molecule has 0 aliphatic carbocycles. The zero-order chi connectivity index (χ0) is 12.7. The highest BCUT2D eigenvalue weighted by atomic mass is 16.5. The maximum absolute atomic E-state index is 6.06. The van der Waals surface area contributed by atoms with Crippen LogP contribution in [0.2, 0.25) is 0 Å². The van der Waals surface area contributed by atoms with Gasteiger partial charge in [0.05, 0.1) is 13.2 Å². The minimum atomic E-state index is 0.0945. The monoisotopic (exact) mass is 237 g/mol. The number of methoxy groups -OCH3 is 1. The summed E-state index contributed by atoms with van der Waals surface area (Å²) in [6, 6.07) is 8.21. The summed E-state index contributed by atoms with van der Waals surface area (Å²) in [6.07, 6.45) is 2.04. The zero-order valence-corrected chi connectivity index (χ0v) is 11.0. The Balaban J connectivity index is 2.38. The predicted octanol–water partition coefficient (Wildman–Crippen LogP) is 2.38. The maximum Gasteiger partial charge on any atom is 0.118 e. The van der Waals surface area contributed by atoms with Crippen molar-refractivity contribution in [3.8, 4) is 5.75 Å². The molecule has 3 nitrogen and oxygen atoms in total. The number of hydrogen-bond donors (Lipinski definition) is 1. The van der Waals surface area contributed by atoms with Crippen molar-refractivity contribution in [1.29, 1.82) is 0 Å². The second-order valence-electron chi connectivity index (χ2n) is 4.21.